The van der Waals surface area contributed by atoms with E-state index in [0.717, 1.165) is 19.3 Å². The lowest BCUT2D eigenvalue weighted by Crippen LogP contribution is -2.66. The number of carbonyl (C=O) groups excluding carboxylic acids is 1. The number of hydrogen-bond acceptors (Lipinski definition) is 18. The molecule has 77 heavy (non-hydrogen) atoms. The fourth-order valence-electron chi connectivity index (χ4n) is 10.3. The number of unbranched alkanes of at least 4 members (excludes halogenated alkanes) is 26. The minimum Gasteiger partial charge on any atom is -0.394 e. The molecule has 0 aromatic carbocycles. The van der Waals surface area contributed by atoms with Crippen LogP contribution in [0, 0.1) is 0 Å². The molecule has 19 heteroatoms. The predicted octanol–water partition coefficient (Wildman–Crippen LogP) is 5.15. The predicted molar refractivity (Wildman–Crippen MR) is 291 cm³/mol. The van der Waals surface area contributed by atoms with Crippen LogP contribution in [0.15, 0.2) is 24.3 Å². The molecule has 12 N–H and O–H groups in total. The van der Waals surface area contributed by atoms with E-state index in [2.05, 4.69) is 24.4 Å². The number of aliphatic hydroxyl groups is 11. The number of aliphatic hydroxyl groups excluding tert-OH is 11. The molecule has 3 rings (SSSR count). The fourth-order valence-corrected chi connectivity index (χ4v) is 10.3. The van der Waals surface area contributed by atoms with Crippen molar-refractivity contribution < 1.29 is 89.4 Å². The van der Waals surface area contributed by atoms with Gasteiger partial charge in [0.15, 0.2) is 18.9 Å². The lowest BCUT2D eigenvalue weighted by Gasteiger charge is -2.48. The van der Waals surface area contributed by atoms with Gasteiger partial charge in [-0.3, -0.25) is 4.79 Å². The van der Waals surface area contributed by atoms with Crippen LogP contribution in [0.2, 0.25) is 0 Å². The fraction of sp³-hybridized carbons (Fsp3) is 0.914. The molecular weight excluding hydrogens is 999 g/mol. The van der Waals surface area contributed by atoms with Gasteiger partial charge in [0.05, 0.1) is 38.6 Å². The number of nitrogens with one attached hydrogen (secondary N) is 1. The smallest absolute Gasteiger partial charge is 0.220 e. The first-order chi connectivity index (χ1) is 37.3. The first kappa shape index (κ1) is 69.5. The molecule has 0 aromatic rings. The molecule has 0 aliphatic carbocycles. The standard InChI is InChI=1S/C58H107NO18/c1-3-5-6-7-8-9-10-11-12-13-14-15-16-17-18-19-20-21-22-23-24-25-26-27-28-29-30-31-32-33-34-36-42(63)41(59-46(64)35-4-2)40-72-56-52(70)49(67)54(44(38-61)74-56)77-58-53(71)50(68)55(45(39-62)75-58)76-57-51(69)48(66)47(65)43(37-60)73-57/h30-31,34,36,41-45,47-58,60-63,65-71H,3-29,32-33,35,37-40H2,1-2H3,(H,59,64)/b31-30+,36-34+. The van der Waals surface area contributed by atoms with Gasteiger partial charge in [0, 0.05) is 6.42 Å². The summed E-state index contributed by atoms with van der Waals surface area (Å²) in [6, 6.07) is -0.982. The van der Waals surface area contributed by atoms with Gasteiger partial charge in [0.2, 0.25) is 5.91 Å². The van der Waals surface area contributed by atoms with E-state index in [1.54, 1.807) is 6.08 Å². The summed E-state index contributed by atoms with van der Waals surface area (Å²) < 4.78 is 33.9. The minimum absolute atomic E-state index is 0.186. The minimum atomic E-state index is -1.98. The highest BCUT2D eigenvalue weighted by Crippen LogP contribution is 2.33. The highest BCUT2D eigenvalue weighted by Gasteiger charge is 2.53. The summed E-state index contributed by atoms with van der Waals surface area (Å²) in [7, 11) is 0. The summed E-state index contributed by atoms with van der Waals surface area (Å²) in [5.74, 6) is -0.338. The van der Waals surface area contributed by atoms with E-state index < -0.39 is 124 Å². The first-order valence-corrected chi connectivity index (χ1v) is 30.1. The van der Waals surface area contributed by atoms with E-state index in [9.17, 15) is 61.0 Å². The molecule has 0 radical (unpaired) electrons. The zero-order chi connectivity index (χ0) is 56.2. The van der Waals surface area contributed by atoms with Gasteiger partial charge in [-0.15, -0.1) is 0 Å². The Morgan fingerprint density at radius 1 is 0.455 bits per heavy atom. The lowest BCUT2D eigenvalue weighted by atomic mass is 9.96. The van der Waals surface area contributed by atoms with E-state index in [0.29, 0.717) is 12.8 Å². The number of rotatable bonds is 44. The Morgan fingerprint density at radius 2 is 0.831 bits per heavy atom. The van der Waals surface area contributed by atoms with Crippen LogP contribution < -0.4 is 5.32 Å². The Hall–Kier alpha value is -1.73. The van der Waals surface area contributed by atoms with Gasteiger partial charge in [-0.2, -0.15) is 0 Å². The molecule has 3 saturated heterocycles. The van der Waals surface area contributed by atoms with E-state index in [1.165, 1.54) is 154 Å². The molecule has 3 heterocycles. The van der Waals surface area contributed by atoms with Crippen LogP contribution in [0.1, 0.15) is 206 Å². The molecule has 0 spiro atoms. The van der Waals surface area contributed by atoms with Gasteiger partial charge in [-0.05, 0) is 32.1 Å². The van der Waals surface area contributed by atoms with Crippen LogP contribution in [0.25, 0.3) is 0 Å². The van der Waals surface area contributed by atoms with Crippen LogP contribution in [0.3, 0.4) is 0 Å². The van der Waals surface area contributed by atoms with Crippen molar-refractivity contribution in [3.05, 3.63) is 24.3 Å². The Balaban J connectivity index is 1.29. The maximum Gasteiger partial charge on any atom is 0.220 e. The molecule has 17 unspecified atom stereocenters. The summed E-state index contributed by atoms with van der Waals surface area (Å²) in [4.78, 5) is 12.7. The average Bonchev–Trinajstić information content (AvgIpc) is 3.43. The van der Waals surface area contributed by atoms with Gasteiger partial charge < -0.3 is 89.9 Å². The van der Waals surface area contributed by atoms with Crippen molar-refractivity contribution in [3.63, 3.8) is 0 Å². The molecule has 17 atom stereocenters. The van der Waals surface area contributed by atoms with Crippen molar-refractivity contribution in [2.75, 3.05) is 26.4 Å². The second kappa shape index (κ2) is 42.1. The van der Waals surface area contributed by atoms with Crippen LogP contribution in [0.5, 0.6) is 0 Å². The molecular formula is C58H107NO18. The summed E-state index contributed by atoms with van der Waals surface area (Å²) in [5.41, 5.74) is 0. The third kappa shape index (κ3) is 26.4. The maximum absolute atomic E-state index is 12.7. The molecule has 3 fully saturated rings. The maximum atomic E-state index is 12.7. The normalized spacial score (nSPS) is 30.8. The number of allylic oxidation sites excluding steroid dienone is 3. The molecule has 1 amide bonds. The summed E-state index contributed by atoms with van der Waals surface area (Å²) in [6.07, 6.45) is 18.5. The Kier molecular flexibility index (Phi) is 38.1. The van der Waals surface area contributed by atoms with E-state index in [4.69, 9.17) is 28.4 Å². The number of amides is 1. The van der Waals surface area contributed by atoms with E-state index in [1.807, 2.05) is 13.0 Å². The molecule has 0 bridgehead atoms. The van der Waals surface area contributed by atoms with Gasteiger partial charge in [-0.1, -0.05) is 192 Å². The third-order valence-corrected chi connectivity index (χ3v) is 15.2. The second-order valence-electron chi connectivity index (χ2n) is 21.8. The van der Waals surface area contributed by atoms with Crippen molar-refractivity contribution in [2.45, 2.75) is 311 Å². The van der Waals surface area contributed by atoms with Gasteiger partial charge in [-0.25, -0.2) is 0 Å². The highest BCUT2D eigenvalue weighted by atomic mass is 16.8. The first-order valence-electron chi connectivity index (χ1n) is 30.1. The zero-order valence-corrected chi connectivity index (χ0v) is 46.9. The van der Waals surface area contributed by atoms with Gasteiger partial charge in [0.1, 0.15) is 73.2 Å². The average molecular weight is 1110 g/mol. The summed E-state index contributed by atoms with van der Waals surface area (Å²) in [5, 5.41) is 119. The number of carbonyl (C=O) groups is 1. The van der Waals surface area contributed by atoms with Crippen molar-refractivity contribution in [2.24, 2.45) is 0 Å². The van der Waals surface area contributed by atoms with Crippen molar-refractivity contribution >= 4 is 5.91 Å². The second-order valence-corrected chi connectivity index (χ2v) is 21.8. The van der Waals surface area contributed by atoms with Crippen LogP contribution in [-0.2, 0) is 33.2 Å². The van der Waals surface area contributed by atoms with Crippen LogP contribution >= 0.6 is 0 Å². The third-order valence-electron chi connectivity index (χ3n) is 15.2. The van der Waals surface area contributed by atoms with Crippen molar-refractivity contribution in [3.8, 4) is 0 Å². The molecule has 452 valence electrons. The van der Waals surface area contributed by atoms with Crippen LogP contribution in [-0.4, -0.2) is 193 Å². The molecule has 3 aliphatic rings. The largest absolute Gasteiger partial charge is 0.394 e. The van der Waals surface area contributed by atoms with Crippen molar-refractivity contribution in [1.29, 1.82) is 0 Å². The molecule has 0 saturated carbocycles. The number of hydrogen-bond donors (Lipinski definition) is 12. The molecule has 19 nitrogen and oxygen atoms in total. The van der Waals surface area contributed by atoms with Gasteiger partial charge in [0.25, 0.3) is 0 Å². The zero-order valence-electron chi connectivity index (χ0n) is 46.9. The van der Waals surface area contributed by atoms with Crippen molar-refractivity contribution in [1.82, 2.24) is 5.32 Å². The Bertz CT molecular complexity index is 1510. The van der Waals surface area contributed by atoms with E-state index >= 15 is 0 Å². The van der Waals surface area contributed by atoms with Gasteiger partial charge >= 0.3 is 0 Å². The number of ether oxygens (including phenoxy) is 6. The quantitative estimate of drug-likeness (QED) is 0.0277. The monoisotopic (exact) mass is 1110 g/mol. The van der Waals surface area contributed by atoms with Crippen LogP contribution in [0.4, 0.5) is 0 Å². The van der Waals surface area contributed by atoms with E-state index in [-0.39, 0.29) is 18.9 Å². The Labute approximate surface area is 460 Å². The Morgan fingerprint density at radius 3 is 1.27 bits per heavy atom. The summed E-state index contributed by atoms with van der Waals surface area (Å²) in [6.45, 7) is 1.32. The SMILES string of the molecule is CCCCCCCCCCCCCCCCCCCCCCCCCCC/C=C/CC/C=C/C(O)C(COC1OC(CO)C(OC2OC(CO)C(OC3OC(CO)C(O)C(O)C3O)C(O)C2O)C(O)C1O)NC(=O)CCC. The molecule has 3 aliphatic heterocycles. The lowest BCUT2D eigenvalue weighted by molar-refractivity contribution is -0.379. The topological polar surface area (TPSA) is 307 Å². The molecule has 0 aromatic heterocycles. The highest BCUT2D eigenvalue weighted by molar-refractivity contribution is 5.76. The summed E-state index contributed by atoms with van der Waals surface area (Å²) >= 11 is 0.